The monoisotopic (exact) mass is 613 g/mol. The van der Waals surface area contributed by atoms with Crippen LogP contribution in [-0.4, -0.2) is 23.6 Å². The van der Waals surface area contributed by atoms with Crippen molar-refractivity contribution in [3.8, 4) is 0 Å². The summed E-state index contributed by atoms with van der Waals surface area (Å²) in [5, 5.41) is 11.7. The topological polar surface area (TPSA) is 142 Å². The quantitative estimate of drug-likeness (QED) is 0.127. The Labute approximate surface area is 266 Å². The Hall–Kier alpha value is -4.50. The summed E-state index contributed by atoms with van der Waals surface area (Å²) in [5.74, 6) is -0.153. The predicted octanol–water partition coefficient (Wildman–Crippen LogP) is 4.44. The highest BCUT2D eigenvalue weighted by atomic mass is 16.2. The van der Waals surface area contributed by atoms with Gasteiger partial charge in [-0.1, -0.05) is 78.4 Å². The van der Waals surface area contributed by atoms with Crippen LogP contribution >= 0.6 is 0 Å². The van der Waals surface area contributed by atoms with Gasteiger partial charge in [0.15, 0.2) is 0 Å². The molecule has 45 heavy (non-hydrogen) atoms. The largest absolute Gasteiger partial charge is 0.352 e. The smallest absolute Gasteiger partial charge is 0.220 e. The minimum absolute atomic E-state index is 0.00932. The molecule has 0 aliphatic rings. The summed E-state index contributed by atoms with van der Waals surface area (Å²) in [5.41, 5.74) is 11.8. The predicted molar refractivity (Wildman–Crippen MR) is 176 cm³/mol. The van der Waals surface area contributed by atoms with Gasteiger partial charge in [-0.3, -0.25) is 19.2 Å². The van der Waals surface area contributed by atoms with Crippen LogP contribution in [0.4, 0.5) is 0 Å². The van der Waals surface area contributed by atoms with Gasteiger partial charge in [0.25, 0.3) is 0 Å². The summed E-state index contributed by atoms with van der Waals surface area (Å²) in [6, 6.07) is 23.6. The molecule has 0 heterocycles. The first kappa shape index (κ1) is 35.0. The summed E-state index contributed by atoms with van der Waals surface area (Å²) >= 11 is 0. The van der Waals surface area contributed by atoms with Gasteiger partial charge < -0.3 is 27.0 Å². The highest BCUT2D eigenvalue weighted by Gasteiger charge is 2.07. The summed E-state index contributed by atoms with van der Waals surface area (Å²) in [4.78, 5) is 48.8. The van der Waals surface area contributed by atoms with Crippen molar-refractivity contribution in [1.29, 1.82) is 0 Å². The number of carbonyl (C=O) groups excluding carboxylic acids is 4. The van der Waals surface area contributed by atoms with Crippen molar-refractivity contribution in [2.75, 3.05) is 0 Å². The minimum Gasteiger partial charge on any atom is -0.352 e. The average Bonchev–Trinajstić information content (AvgIpc) is 3.05. The third kappa shape index (κ3) is 14.7. The number of nitrogens with two attached hydrogens (primary N) is 1. The summed E-state index contributed by atoms with van der Waals surface area (Å²) < 4.78 is 0. The number of hydrogen-bond donors (Lipinski definition) is 5. The molecule has 9 heteroatoms. The molecular formula is C36H47N5O4. The molecule has 3 aromatic rings. The molecule has 0 fully saturated rings. The molecule has 3 rings (SSSR count). The van der Waals surface area contributed by atoms with E-state index in [1.165, 1.54) is 0 Å². The molecule has 0 spiro atoms. The molecule has 0 aliphatic carbocycles. The van der Waals surface area contributed by atoms with Gasteiger partial charge in [0, 0.05) is 58.4 Å². The number of hydrogen-bond acceptors (Lipinski definition) is 5. The zero-order chi connectivity index (χ0) is 32.3. The molecule has 6 N–H and O–H groups in total. The second-order valence-electron chi connectivity index (χ2n) is 11.4. The van der Waals surface area contributed by atoms with Crippen LogP contribution < -0.4 is 27.0 Å². The number of unbranched alkanes of at least 4 members (excludes halogenated alkanes) is 2. The van der Waals surface area contributed by atoms with E-state index in [1.54, 1.807) is 0 Å². The van der Waals surface area contributed by atoms with E-state index in [2.05, 4.69) is 27.3 Å². The van der Waals surface area contributed by atoms with Gasteiger partial charge in [0.1, 0.15) is 0 Å². The Morgan fingerprint density at radius 1 is 0.489 bits per heavy atom. The first-order chi connectivity index (χ1) is 21.8. The molecule has 4 amide bonds. The maximum absolute atomic E-state index is 12.3. The van der Waals surface area contributed by atoms with Gasteiger partial charge in [-0.25, -0.2) is 0 Å². The number of carbonyl (C=O) groups is 4. The zero-order valence-corrected chi connectivity index (χ0v) is 26.3. The van der Waals surface area contributed by atoms with Gasteiger partial charge >= 0.3 is 0 Å². The van der Waals surface area contributed by atoms with E-state index < -0.39 is 0 Å². The number of amides is 4. The van der Waals surface area contributed by atoms with Gasteiger partial charge in [-0.05, 0) is 60.4 Å². The maximum atomic E-state index is 12.3. The van der Waals surface area contributed by atoms with E-state index in [1.807, 2.05) is 73.7 Å². The lowest BCUT2D eigenvalue weighted by atomic mass is 10.1. The average molecular weight is 614 g/mol. The highest BCUT2D eigenvalue weighted by Crippen LogP contribution is 2.09. The molecule has 0 aliphatic heterocycles. The van der Waals surface area contributed by atoms with Crippen LogP contribution in [0.5, 0.6) is 0 Å². The number of nitrogens with one attached hydrogen (secondary N) is 4. The van der Waals surface area contributed by atoms with Crippen molar-refractivity contribution in [1.82, 2.24) is 21.3 Å². The van der Waals surface area contributed by atoms with E-state index in [-0.39, 0.29) is 23.6 Å². The molecule has 0 atom stereocenters. The van der Waals surface area contributed by atoms with Crippen molar-refractivity contribution in [3.05, 3.63) is 106 Å². The van der Waals surface area contributed by atoms with Crippen LogP contribution in [0.1, 0.15) is 84.7 Å². The van der Waals surface area contributed by atoms with E-state index in [0.717, 1.165) is 33.4 Å². The molecule has 0 unspecified atom stereocenters. The second kappa shape index (κ2) is 19.7. The number of rotatable bonds is 19. The van der Waals surface area contributed by atoms with E-state index in [4.69, 9.17) is 5.73 Å². The van der Waals surface area contributed by atoms with E-state index >= 15 is 0 Å². The SMILES string of the molecule is Cc1cccc(CNC(=O)CCCCC(=O)NCc2cccc(CNC(=O)CCCCC(=O)NCc3cccc(CN)c3)c2)c1. The third-order valence-electron chi connectivity index (χ3n) is 7.38. The van der Waals surface area contributed by atoms with Crippen LogP contribution in [0, 0.1) is 6.92 Å². The van der Waals surface area contributed by atoms with Crippen molar-refractivity contribution in [3.63, 3.8) is 0 Å². The van der Waals surface area contributed by atoms with Crippen molar-refractivity contribution < 1.29 is 19.2 Å². The Bertz CT molecular complexity index is 1410. The maximum Gasteiger partial charge on any atom is 0.220 e. The van der Waals surface area contributed by atoms with E-state index in [9.17, 15) is 19.2 Å². The second-order valence-corrected chi connectivity index (χ2v) is 11.4. The van der Waals surface area contributed by atoms with Gasteiger partial charge in [-0.15, -0.1) is 0 Å². The lowest BCUT2D eigenvalue weighted by molar-refractivity contribution is -0.123. The Morgan fingerprint density at radius 3 is 1.16 bits per heavy atom. The standard InChI is InChI=1S/C36H47N5O4/c1-27-9-6-11-29(19-27)23-38-33(42)15-2-3-17-35(44)40-25-31-13-8-14-32(21-31)26-41-36(45)18-5-4-16-34(43)39-24-30-12-7-10-28(20-30)22-37/h6-14,19-21H,2-5,15-18,22-26,37H2,1H3,(H,38,42)(H,39,43)(H,40,44)(H,41,45). The first-order valence-electron chi connectivity index (χ1n) is 15.8. The molecule has 0 saturated carbocycles. The van der Waals surface area contributed by atoms with Gasteiger partial charge in [0.05, 0.1) is 0 Å². The Kier molecular flexibility index (Phi) is 15.3. The Balaban J connectivity index is 1.22. The van der Waals surface area contributed by atoms with Crippen molar-refractivity contribution in [2.45, 2.75) is 91.0 Å². The van der Waals surface area contributed by atoms with Crippen molar-refractivity contribution >= 4 is 23.6 Å². The third-order valence-corrected chi connectivity index (χ3v) is 7.38. The number of aryl methyl sites for hydroxylation is 1. The van der Waals surface area contributed by atoms with Crippen molar-refractivity contribution in [2.24, 2.45) is 5.73 Å². The van der Waals surface area contributed by atoms with E-state index in [0.29, 0.717) is 84.1 Å². The molecule has 240 valence electrons. The molecule has 0 saturated heterocycles. The minimum atomic E-state index is -0.0587. The summed E-state index contributed by atoms with van der Waals surface area (Å²) in [6.07, 6.45) is 4.06. The molecule has 9 nitrogen and oxygen atoms in total. The van der Waals surface area contributed by atoms with Gasteiger partial charge in [0.2, 0.25) is 23.6 Å². The molecule has 0 bridgehead atoms. The van der Waals surface area contributed by atoms with Crippen LogP contribution in [-0.2, 0) is 51.9 Å². The lowest BCUT2D eigenvalue weighted by Gasteiger charge is -2.09. The molecular weight excluding hydrogens is 566 g/mol. The Morgan fingerprint density at radius 2 is 0.800 bits per heavy atom. The van der Waals surface area contributed by atoms with Gasteiger partial charge in [-0.2, -0.15) is 0 Å². The molecule has 0 aromatic heterocycles. The molecule has 0 radical (unpaired) electrons. The summed E-state index contributed by atoms with van der Waals surface area (Å²) in [7, 11) is 0. The fourth-order valence-electron chi connectivity index (χ4n) is 4.84. The fraction of sp³-hybridized carbons (Fsp3) is 0.389. The fourth-order valence-corrected chi connectivity index (χ4v) is 4.84. The van der Waals surface area contributed by atoms with Crippen LogP contribution in [0.25, 0.3) is 0 Å². The summed E-state index contributed by atoms with van der Waals surface area (Å²) in [6.45, 7) is 4.26. The highest BCUT2D eigenvalue weighted by molar-refractivity contribution is 5.78. The van der Waals surface area contributed by atoms with Crippen LogP contribution in [0.2, 0.25) is 0 Å². The van der Waals surface area contributed by atoms with Crippen LogP contribution in [0.3, 0.4) is 0 Å². The normalized spacial score (nSPS) is 10.6. The van der Waals surface area contributed by atoms with Crippen LogP contribution in [0.15, 0.2) is 72.8 Å². The first-order valence-corrected chi connectivity index (χ1v) is 15.8. The number of benzene rings is 3. The zero-order valence-electron chi connectivity index (χ0n) is 26.3. The lowest BCUT2D eigenvalue weighted by Crippen LogP contribution is -2.24. The molecule has 3 aromatic carbocycles.